The molecule has 56 heavy (non-hydrogen) atoms. The normalized spacial score (nSPS) is 14.6. The maximum Gasteiger partial charge on any atom is 0.170 e. The lowest BCUT2D eigenvalue weighted by Gasteiger charge is -2.23. The van der Waals surface area contributed by atoms with Gasteiger partial charge >= 0.3 is 0 Å². The van der Waals surface area contributed by atoms with E-state index >= 15 is 0 Å². The average Bonchev–Trinajstić information content (AvgIpc) is 3.85. The Morgan fingerprint density at radius 1 is 0.393 bits per heavy atom. The zero-order valence-corrected chi connectivity index (χ0v) is 30.0. The molecule has 3 heterocycles. The van der Waals surface area contributed by atoms with Gasteiger partial charge in [0.05, 0.1) is 0 Å². The molecule has 0 fully saturated rings. The van der Waals surface area contributed by atoms with Crippen molar-refractivity contribution < 1.29 is 8.83 Å². The highest BCUT2D eigenvalue weighted by Crippen LogP contribution is 2.42. The monoisotopic (exact) mass is 717 g/mol. The van der Waals surface area contributed by atoms with Gasteiger partial charge in [0.25, 0.3) is 0 Å². The summed E-state index contributed by atoms with van der Waals surface area (Å²) in [5, 5.41) is 15.1. The van der Waals surface area contributed by atoms with Crippen molar-refractivity contribution in [2.24, 2.45) is 9.98 Å². The molecule has 11 aromatic rings. The second kappa shape index (κ2) is 12.0. The first kappa shape index (κ1) is 30.9. The zero-order valence-electron chi connectivity index (χ0n) is 30.0. The van der Waals surface area contributed by atoms with Crippen molar-refractivity contribution in [2.75, 3.05) is 0 Å². The van der Waals surface area contributed by atoms with E-state index in [0.717, 1.165) is 88.8 Å². The third-order valence-corrected chi connectivity index (χ3v) is 11.3. The van der Waals surface area contributed by atoms with Crippen LogP contribution in [0.4, 0.5) is 0 Å². The summed E-state index contributed by atoms with van der Waals surface area (Å²) in [5.41, 5.74) is 8.43. The fourth-order valence-electron chi connectivity index (χ4n) is 8.67. The second-order valence-corrected chi connectivity index (χ2v) is 14.5. The van der Waals surface area contributed by atoms with Crippen LogP contribution in [0.2, 0.25) is 0 Å². The lowest BCUT2D eigenvalue weighted by atomic mass is 9.97. The summed E-state index contributed by atoms with van der Waals surface area (Å²) in [6, 6.07) is 61.5. The molecule has 0 amide bonds. The predicted octanol–water partition coefficient (Wildman–Crippen LogP) is 13.1. The van der Waals surface area contributed by atoms with Crippen LogP contribution < -0.4 is 5.32 Å². The van der Waals surface area contributed by atoms with Crippen LogP contribution >= 0.6 is 0 Å². The second-order valence-electron chi connectivity index (χ2n) is 14.5. The number of rotatable bonds is 4. The molecule has 1 N–H and O–H groups in total. The number of aliphatic imine (C=N–C) groups is 2. The van der Waals surface area contributed by atoms with Gasteiger partial charge in [0, 0.05) is 43.8 Å². The molecule has 0 spiro atoms. The van der Waals surface area contributed by atoms with Crippen molar-refractivity contribution in [1.29, 1.82) is 0 Å². The number of nitrogens with zero attached hydrogens (tertiary/aromatic N) is 2. The molecule has 9 aromatic carbocycles. The molecular weight excluding hydrogens is 687 g/mol. The zero-order chi connectivity index (χ0) is 36.7. The first-order valence-electron chi connectivity index (χ1n) is 18.9. The van der Waals surface area contributed by atoms with Crippen molar-refractivity contribution in [2.45, 2.75) is 6.17 Å². The Morgan fingerprint density at radius 2 is 1.05 bits per heavy atom. The summed E-state index contributed by atoms with van der Waals surface area (Å²) in [6.45, 7) is 0. The molecule has 5 heteroatoms. The van der Waals surface area contributed by atoms with Gasteiger partial charge in [-0.2, -0.15) is 0 Å². The summed E-state index contributed by atoms with van der Waals surface area (Å²) in [5.74, 6) is 1.54. The predicted molar refractivity (Wildman–Crippen MR) is 231 cm³/mol. The molecule has 12 rings (SSSR count). The standard InChI is InChI=1S/C51H31N3O2/c1-2-12-32(13-3-1)49-52-50(35-22-25-37-33(28-35)21-20-30-10-4-6-14-36(30)37)54-51(53-49)41-18-9-19-44-47(41)42-29-34(24-26-43(42)55-44)39-16-8-17-40-46-38-15-7-5-11-31(38)23-27-45(46)56-48(39)40/h1-29,51H,(H,52,53,54). The summed E-state index contributed by atoms with van der Waals surface area (Å²) in [6.07, 6.45) is -0.519. The summed E-state index contributed by atoms with van der Waals surface area (Å²) in [7, 11) is 0. The molecule has 0 bridgehead atoms. The highest BCUT2D eigenvalue weighted by molar-refractivity contribution is 6.21. The fraction of sp³-hybridized carbons (Fsp3) is 0.0196. The molecular formula is C51H31N3O2. The van der Waals surface area contributed by atoms with Crippen LogP contribution in [0.3, 0.4) is 0 Å². The van der Waals surface area contributed by atoms with Gasteiger partial charge in [-0.15, -0.1) is 0 Å². The van der Waals surface area contributed by atoms with Crippen molar-refractivity contribution >= 4 is 87.9 Å². The van der Waals surface area contributed by atoms with Gasteiger partial charge in [0.15, 0.2) is 6.17 Å². The van der Waals surface area contributed by atoms with Gasteiger partial charge in [-0.3, -0.25) is 0 Å². The van der Waals surface area contributed by atoms with Crippen LogP contribution in [0.15, 0.2) is 195 Å². The minimum atomic E-state index is -0.519. The molecule has 2 aromatic heterocycles. The quantitative estimate of drug-likeness (QED) is 0.184. The van der Waals surface area contributed by atoms with Gasteiger partial charge < -0.3 is 14.2 Å². The van der Waals surface area contributed by atoms with Gasteiger partial charge in [0.1, 0.15) is 34.0 Å². The first-order chi connectivity index (χ1) is 27.7. The SMILES string of the molecule is c1ccc(C2=NC(c3cccc4oc5ccc(-c6cccc7c6oc6ccc8ccccc8c67)cc5c34)N=C(c3ccc4c(ccc5ccccc54)c3)N2)cc1. The molecule has 5 nitrogen and oxygen atoms in total. The third-order valence-electron chi connectivity index (χ3n) is 11.3. The van der Waals surface area contributed by atoms with Crippen molar-refractivity contribution in [3.63, 3.8) is 0 Å². The van der Waals surface area contributed by atoms with Crippen LogP contribution in [0.25, 0.3) is 87.3 Å². The Kier molecular flexibility index (Phi) is 6.63. The molecule has 0 aliphatic carbocycles. The van der Waals surface area contributed by atoms with Crippen molar-refractivity contribution in [3.8, 4) is 11.1 Å². The molecule has 0 saturated heterocycles. The Balaban J connectivity index is 1.03. The number of nitrogens with one attached hydrogen (secondary N) is 1. The number of para-hydroxylation sites is 1. The topological polar surface area (TPSA) is 63.0 Å². The number of amidine groups is 2. The van der Waals surface area contributed by atoms with Crippen molar-refractivity contribution in [1.82, 2.24) is 5.32 Å². The molecule has 1 atom stereocenters. The largest absolute Gasteiger partial charge is 0.456 e. The number of furan rings is 2. The first-order valence-corrected chi connectivity index (χ1v) is 18.9. The van der Waals surface area contributed by atoms with Gasteiger partial charge in [0.2, 0.25) is 0 Å². The Bertz CT molecular complexity index is 3460. The molecule has 0 radical (unpaired) electrons. The fourth-order valence-corrected chi connectivity index (χ4v) is 8.67. The lowest BCUT2D eigenvalue weighted by Crippen LogP contribution is -2.36. The maximum atomic E-state index is 6.64. The average molecular weight is 718 g/mol. The van der Waals surface area contributed by atoms with Crippen LogP contribution in [0.1, 0.15) is 22.9 Å². The number of hydrogen-bond acceptors (Lipinski definition) is 5. The van der Waals surface area contributed by atoms with E-state index in [1.807, 2.05) is 30.3 Å². The van der Waals surface area contributed by atoms with Gasteiger partial charge in [-0.1, -0.05) is 146 Å². The minimum absolute atomic E-state index is 0.519. The number of hydrogen-bond donors (Lipinski definition) is 1. The van der Waals surface area contributed by atoms with Gasteiger partial charge in [-0.25, -0.2) is 9.98 Å². The maximum absolute atomic E-state index is 6.64. The summed E-state index contributed by atoms with van der Waals surface area (Å²) in [4.78, 5) is 10.6. The van der Waals surface area contributed by atoms with E-state index in [1.54, 1.807) is 0 Å². The van der Waals surface area contributed by atoms with E-state index in [9.17, 15) is 0 Å². The van der Waals surface area contributed by atoms with Crippen LogP contribution in [-0.2, 0) is 0 Å². The van der Waals surface area contributed by atoms with Crippen LogP contribution in [-0.4, -0.2) is 11.7 Å². The molecule has 1 unspecified atom stereocenters. The summed E-state index contributed by atoms with van der Waals surface area (Å²) >= 11 is 0. The van der Waals surface area contributed by atoms with E-state index in [4.69, 9.17) is 18.8 Å². The highest BCUT2D eigenvalue weighted by Gasteiger charge is 2.25. The van der Waals surface area contributed by atoms with Crippen LogP contribution in [0.5, 0.6) is 0 Å². The number of fused-ring (bicyclic) bond motifs is 11. The van der Waals surface area contributed by atoms with Crippen molar-refractivity contribution in [3.05, 3.63) is 193 Å². The third kappa shape index (κ3) is 4.74. The highest BCUT2D eigenvalue weighted by atomic mass is 16.3. The van der Waals surface area contributed by atoms with E-state index in [0.29, 0.717) is 0 Å². The van der Waals surface area contributed by atoms with E-state index < -0.39 is 6.17 Å². The molecule has 0 saturated carbocycles. The van der Waals surface area contributed by atoms with Crippen LogP contribution in [0, 0.1) is 0 Å². The Morgan fingerprint density at radius 3 is 1.95 bits per heavy atom. The molecule has 1 aliphatic rings. The summed E-state index contributed by atoms with van der Waals surface area (Å²) < 4.78 is 13.2. The smallest absolute Gasteiger partial charge is 0.170 e. The van der Waals surface area contributed by atoms with E-state index in [2.05, 4.69) is 151 Å². The number of benzene rings is 9. The Hall–Kier alpha value is -7.50. The molecule has 262 valence electrons. The van der Waals surface area contributed by atoms with Gasteiger partial charge in [-0.05, 0) is 68.2 Å². The lowest BCUT2D eigenvalue weighted by molar-refractivity contribution is 0.667. The minimum Gasteiger partial charge on any atom is -0.456 e. The van der Waals surface area contributed by atoms with E-state index in [-0.39, 0.29) is 0 Å². The van der Waals surface area contributed by atoms with E-state index in [1.165, 1.54) is 26.9 Å². The molecule has 1 aliphatic heterocycles. The Labute approximate surface area is 320 Å².